The molecule has 0 radical (unpaired) electrons. The fourth-order valence-electron chi connectivity index (χ4n) is 2.40. The van der Waals surface area contributed by atoms with Gasteiger partial charge >= 0.3 is 19.8 Å². The summed E-state index contributed by atoms with van der Waals surface area (Å²) < 4.78 is 0. The molecular formula is C24H27GaO3. The van der Waals surface area contributed by atoms with Crippen molar-refractivity contribution >= 4 is 19.8 Å². The molecule has 0 unspecified atom stereocenters. The molecule has 3 nitrogen and oxygen atoms in total. The molecular weight excluding hydrogens is 406 g/mol. The van der Waals surface area contributed by atoms with Gasteiger partial charge in [0.15, 0.2) is 0 Å². The van der Waals surface area contributed by atoms with E-state index in [4.69, 9.17) is 0 Å². The van der Waals surface area contributed by atoms with Crippen molar-refractivity contribution in [1.82, 2.24) is 0 Å². The van der Waals surface area contributed by atoms with E-state index >= 15 is 0 Å². The van der Waals surface area contributed by atoms with E-state index in [0.717, 1.165) is 33.4 Å². The van der Waals surface area contributed by atoms with Crippen LogP contribution in [-0.4, -0.2) is 19.8 Å². The van der Waals surface area contributed by atoms with Crippen LogP contribution >= 0.6 is 0 Å². The molecule has 0 aliphatic carbocycles. The van der Waals surface area contributed by atoms with Crippen molar-refractivity contribution in [2.75, 3.05) is 0 Å². The molecule has 0 saturated heterocycles. The molecule has 0 spiro atoms. The maximum atomic E-state index is 10.8. The zero-order valence-electron chi connectivity index (χ0n) is 17.5. The maximum absolute atomic E-state index is 10.8. The van der Waals surface area contributed by atoms with Crippen molar-refractivity contribution in [3.8, 4) is 17.2 Å². The molecule has 0 aliphatic rings. The predicted octanol–water partition coefficient (Wildman–Crippen LogP) is 3.75. The monoisotopic (exact) mass is 432 g/mol. The summed E-state index contributed by atoms with van der Waals surface area (Å²) in [6, 6.07) is 16.0. The molecule has 0 bridgehead atoms. The molecule has 28 heavy (non-hydrogen) atoms. The number of hydrogen-bond donors (Lipinski definition) is 0. The van der Waals surface area contributed by atoms with Gasteiger partial charge in [-0.3, -0.25) is 0 Å². The van der Waals surface area contributed by atoms with Gasteiger partial charge in [0.2, 0.25) is 0 Å². The molecule has 3 aromatic rings. The van der Waals surface area contributed by atoms with Crippen molar-refractivity contribution in [1.29, 1.82) is 0 Å². The number of benzene rings is 3. The average Bonchev–Trinajstić information content (AvgIpc) is 2.60. The SMILES string of the molecule is Cc1ccc([O-])c(C)c1.Cc1ccc([O-])c(C)c1.Cc1ccc([O-])c(C)c1.[Ga+3]. The molecule has 0 heterocycles. The zero-order valence-corrected chi connectivity index (χ0v) is 19.9. The largest absolute Gasteiger partial charge is 3.00 e. The predicted molar refractivity (Wildman–Crippen MR) is 112 cm³/mol. The Labute approximate surface area is 181 Å². The van der Waals surface area contributed by atoms with Crippen molar-refractivity contribution in [2.24, 2.45) is 0 Å². The summed E-state index contributed by atoms with van der Waals surface area (Å²) in [6.07, 6.45) is 0. The molecule has 0 aliphatic heterocycles. The Morgan fingerprint density at radius 3 is 0.786 bits per heavy atom. The third-order valence-electron chi connectivity index (χ3n) is 3.99. The number of aryl methyl sites for hydroxylation is 6. The molecule has 0 fully saturated rings. The van der Waals surface area contributed by atoms with Crippen LogP contribution in [0, 0.1) is 41.5 Å². The van der Waals surface area contributed by atoms with Crippen LogP contribution in [0.15, 0.2) is 54.6 Å². The summed E-state index contributed by atoms with van der Waals surface area (Å²) in [5, 5.41) is 32.3. The Morgan fingerprint density at radius 2 is 0.643 bits per heavy atom. The van der Waals surface area contributed by atoms with Gasteiger partial charge in [-0.1, -0.05) is 88.0 Å². The Kier molecular flexibility index (Phi) is 11.2. The quantitative estimate of drug-likeness (QED) is 0.508. The van der Waals surface area contributed by atoms with Gasteiger partial charge in [0.25, 0.3) is 0 Å². The normalized spacial score (nSPS) is 9.21. The number of rotatable bonds is 0. The third kappa shape index (κ3) is 9.06. The first-order chi connectivity index (χ1) is 12.6. The van der Waals surface area contributed by atoms with Crippen molar-refractivity contribution in [3.05, 3.63) is 88.0 Å². The summed E-state index contributed by atoms with van der Waals surface area (Å²) in [4.78, 5) is 0. The third-order valence-corrected chi connectivity index (χ3v) is 3.99. The topological polar surface area (TPSA) is 69.2 Å². The summed E-state index contributed by atoms with van der Waals surface area (Å²) >= 11 is 0. The van der Waals surface area contributed by atoms with Gasteiger partial charge in [0.05, 0.1) is 0 Å². The minimum absolute atomic E-state index is 0. The van der Waals surface area contributed by atoms with E-state index in [9.17, 15) is 15.3 Å². The smallest absolute Gasteiger partial charge is 0.872 e. The molecule has 0 aromatic heterocycles. The zero-order chi connectivity index (χ0) is 20.6. The first-order valence-electron chi connectivity index (χ1n) is 8.83. The molecule has 0 N–H and O–H groups in total. The minimum atomic E-state index is 0. The standard InChI is InChI=1S/3C8H10O.Ga/c3*1-6-3-4-8(9)7(2)5-6;/h3*3-5,9H,1-2H3;/q;;;+3/p-3. The summed E-state index contributed by atoms with van der Waals surface area (Å²) in [5.41, 5.74) is 5.92. The molecule has 3 rings (SSSR count). The van der Waals surface area contributed by atoms with E-state index in [1.807, 2.05) is 77.9 Å². The Balaban J connectivity index is 0.000000384. The summed E-state index contributed by atoms with van der Waals surface area (Å²) in [6.45, 7) is 11.4. The molecule has 0 atom stereocenters. The van der Waals surface area contributed by atoms with Crippen LogP contribution in [0.3, 0.4) is 0 Å². The van der Waals surface area contributed by atoms with Crippen molar-refractivity contribution in [3.63, 3.8) is 0 Å². The van der Waals surface area contributed by atoms with E-state index in [1.165, 1.54) is 0 Å². The molecule has 144 valence electrons. The second-order valence-corrected chi connectivity index (χ2v) is 6.81. The van der Waals surface area contributed by atoms with Crippen molar-refractivity contribution < 1.29 is 15.3 Å². The van der Waals surface area contributed by atoms with Gasteiger partial charge < -0.3 is 15.3 Å². The second-order valence-electron chi connectivity index (χ2n) is 6.81. The molecule has 3 aromatic carbocycles. The van der Waals surface area contributed by atoms with Crippen LogP contribution in [0.1, 0.15) is 33.4 Å². The van der Waals surface area contributed by atoms with Crippen molar-refractivity contribution in [2.45, 2.75) is 41.5 Å². The minimum Gasteiger partial charge on any atom is -0.872 e. The van der Waals surface area contributed by atoms with E-state index in [-0.39, 0.29) is 37.0 Å². The average molecular weight is 433 g/mol. The second kappa shape index (κ2) is 12.2. The fraction of sp³-hybridized carbons (Fsp3) is 0.250. The Bertz CT molecular complexity index is 771. The van der Waals surface area contributed by atoms with Gasteiger partial charge in [-0.25, -0.2) is 0 Å². The van der Waals surface area contributed by atoms with Gasteiger partial charge in [0.1, 0.15) is 0 Å². The van der Waals surface area contributed by atoms with E-state index in [1.54, 1.807) is 18.2 Å². The van der Waals surface area contributed by atoms with Crippen LogP contribution in [0.2, 0.25) is 0 Å². The summed E-state index contributed by atoms with van der Waals surface area (Å²) in [7, 11) is 0. The molecule has 0 amide bonds. The Hall–Kier alpha value is -2.30. The first kappa shape index (κ1) is 25.7. The molecule has 0 saturated carbocycles. The maximum Gasteiger partial charge on any atom is 3.00 e. The van der Waals surface area contributed by atoms with Crippen LogP contribution < -0.4 is 15.3 Å². The van der Waals surface area contributed by atoms with Gasteiger partial charge in [0, 0.05) is 0 Å². The fourth-order valence-corrected chi connectivity index (χ4v) is 2.40. The number of hydrogen-bond acceptors (Lipinski definition) is 3. The Morgan fingerprint density at radius 1 is 0.429 bits per heavy atom. The molecule has 4 heteroatoms. The first-order valence-corrected chi connectivity index (χ1v) is 8.83. The van der Waals surface area contributed by atoms with Gasteiger partial charge in [-0.05, 0) is 41.5 Å². The van der Waals surface area contributed by atoms with E-state index in [2.05, 4.69) is 0 Å². The van der Waals surface area contributed by atoms with Gasteiger partial charge in [-0.15, -0.1) is 17.2 Å². The van der Waals surface area contributed by atoms with E-state index < -0.39 is 0 Å². The van der Waals surface area contributed by atoms with Crippen LogP contribution in [0.4, 0.5) is 0 Å². The summed E-state index contributed by atoms with van der Waals surface area (Å²) in [5.74, 6) is 0.377. The van der Waals surface area contributed by atoms with Gasteiger partial charge in [-0.2, -0.15) is 0 Å². The van der Waals surface area contributed by atoms with Crippen LogP contribution in [0.25, 0.3) is 0 Å². The van der Waals surface area contributed by atoms with Crippen LogP contribution in [0.5, 0.6) is 17.2 Å². The van der Waals surface area contributed by atoms with Crippen LogP contribution in [-0.2, 0) is 0 Å². The van der Waals surface area contributed by atoms with E-state index in [0.29, 0.717) is 0 Å².